The number of hydrogen-bond acceptors (Lipinski definition) is 0. The molecule has 2 nitrogen and oxygen atoms in total. The minimum Gasteiger partial charge on any atom is -1.00 e. The summed E-state index contributed by atoms with van der Waals surface area (Å²) < 4.78 is 3.54. The predicted molar refractivity (Wildman–Crippen MR) is 42.3 cm³/mol. The molecule has 0 fully saturated rings. The van der Waals surface area contributed by atoms with E-state index in [1.165, 1.54) is 0 Å². The van der Waals surface area contributed by atoms with Crippen LogP contribution in [0.4, 0.5) is 0 Å². The van der Waals surface area contributed by atoms with Gasteiger partial charge in [-0.2, -0.15) is 9.13 Å². The zero-order valence-corrected chi connectivity index (χ0v) is 8.59. The zero-order chi connectivity index (χ0) is 8.10. The summed E-state index contributed by atoms with van der Waals surface area (Å²) in [5, 5.41) is 0. The van der Waals surface area contributed by atoms with E-state index < -0.39 is 0 Å². The third-order valence-corrected chi connectivity index (χ3v) is 1.12. The van der Waals surface area contributed by atoms with Crippen LogP contribution in [0.3, 0.4) is 0 Å². The van der Waals surface area contributed by atoms with Crippen molar-refractivity contribution in [1.29, 1.82) is 0 Å². The first kappa shape index (κ1) is 10.8. The molecule has 0 aliphatic heterocycles. The Morgan fingerprint density at radius 3 is 2.58 bits per heavy atom. The van der Waals surface area contributed by atoms with Gasteiger partial charge in [0.25, 0.3) is 6.33 Å². The molecule has 1 aromatic heterocycles. The van der Waals surface area contributed by atoms with Crippen molar-refractivity contribution in [3.05, 3.63) is 18.7 Å². The molecule has 62 valence electrons. The Balaban J connectivity index is 0.00000121. The summed E-state index contributed by atoms with van der Waals surface area (Å²) in [4.78, 5) is 0. The fourth-order valence-electron chi connectivity index (χ4n) is 0.745. The summed E-state index contributed by atoms with van der Waals surface area (Å²) in [5.41, 5.74) is 0. The number of nitrogens with zero attached hydrogens (tertiary/aromatic N) is 2. The first-order chi connectivity index (χ1) is 5.36. The lowest BCUT2D eigenvalue weighted by Crippen LogP contribution is -3.00. The normalized spacial score (nSPS) is 6.83. The molecule has 0 amide bonds. The molecule has 0 unspecified atom stereocenters. The van der Waals surface area contributed by atoms with Crippen LogP contribution in [0.25, 0.3) is 0 Å². The molecule has 0 spiro atoms. The van der Waals surface area contributed by atoms with E-state index in [4.69, 9.17) is 0 Å². The van der Waals surface area contributed by atoms with Crippen LogP contribution in [0.5, 0.6) is 0 Å². The Bertz CT molecular complexity index is 323. The van der Waals surface area contributed by atoms with Crippen molar-refractivity contribution in [3.8, 4) is 23.9 Å². The molecule has 0 bridgehead atoms. The Kier molecular flexibility index (Phi) is 4.92. The molecule has 12 heavy (non-hydrogen) atoms. The van der Waals surface area contributed by atoms with Crippen molar-refractivity contribution in [1.82, 2.24) is 4.57 Å². The minimum absolute atomic E-state index is 0. The van der Waals surface area contributed by atoms with Crippen LogP contribution in [0.15, 0.2) is 18.7 Å². The number of aromatic nitrogens is 2. The average molecular weight is 225 g/mol. The number of halogens is 1. The lowest BCUT2D eigenvalue weighted by atomic mass is 10.7. The Labute approximate surface area is 83.0 Å². The highest BCUT2D eigenvalue weighted by atomic mass is 79.9. The molecule has 1 aromatic rings. The standard InChI is InChI=1S/C9H9N2.BrH/c1-3-5-10-7-8-11(9-10)6-4-2;/h7-9H,1-2H3;1H/q+1;/p-1. The van der Waals surface area contributed by atoms with Crippen LogP contribution in [-0.4, -0.2) is 4.57 Å². The minimum atomic E-state index is 0. The van der Waals surface area contributed by atoms with Gasteiger partial charge in [-0.05, 0) is 0 Å². The van der Waals surface area contributed by atoms with Crippen LogP contribution < -0.4 is 21.5 Å². The Morgan fingerprint density at radius 1 is 1.25 bits per heavy atom. The van der Waals surface area contributed by atoms with Gasteiger partial charge in [0.2, 0.25) is 0 Å². The molecular weight excluding hydrogens is 216 g/mol. The molecule has 0 saturated carbocycles. The molecule has 0 atom stereocenters. The van der Waals surface area contributed by atoms with Gasteiger partial charge in [0.05, 0.1) is 0 Å². The number of hydrogen-bond donors (Lipinski definition) is 0. The summed E-state index contributed by atoms with van der Waals surface area (Å²) in [6, 6.07) is 5.73. The second-order valence-corrected chi connectivity index (χ2v) is 1.95. The maximum atomic E-state index is 2.86. The second kappa shape index (κ2) is 5.46. The Morgan fingerprint density at radius 2 is 2.00 bits per heavy atom. The maximum Gasteiger partial charge on any atom is 0.270 e. The largest absolute Gasteiger partial charge is 1.00 e. The average Bonchev–Trinajstić information content (AvgIpc) is 2.38. The number of imidazole rings is 1. The van der Waals surface area contributed by atoms with E-state index in [1.807, 2.05) is 18.7 Å². The summed E-state index contributed by atoms with van der Waals surface area (Å²) in [5.74, 6) is 5.58. The van der Waals surface area contributed by atoms with Crippen LogP contribution >= 0.6 is 0 Å². The Hall–Kier alpha value is -1.19. The molecule has 0 saturated heterocycles. The maximum absolute atomic E-state index is 2.86. The SMILES string of the molecule is CC#Cn1cc[n+](C#CC)c1.[Br-]. The molecule has 1 heterocycles. The van der Waals surface area contributed by atoms with Gasteiger partial charge in [0.15, 0.2) is 0 Å². The van der Waals surface area contributed by atoms with Crippen molar-refractivity contribution < 1.29 is 21.5 Å². The fraction of sp³-hybridized carbons (Fsp3) is 0.222. The molecule has 0 aliphatic carbocycles. The summed E-state index contributed by atoms with van der Waals surface area (Å²) in [6.07, 6.45) is 5.55. The van der Waals surface area contributed by atoms with E-state index in [0.29, 0.717) is 0 Å². The van der Waals surface area contributed by atoms with Crippen molar-refractivity contribution in [2.24, 2.45) is 0 Å². The smallest absolute Gasteiger partial charge is 0.270 e. The van der Waals surface area contributed by atoms with Gasteiger partial charge >= 0.3 is 0 Å². The molecule has 1 rings (SSSR count). The van der Waals surface area contributed by atoms with E-state index >= 15 is 0 Å². The molecule has 0 radical (unpaired) electrons. The highest BCUT2D eigenvalue weighted by Crippen LogP contribution is 1.76. The molecule has 0 aromatic carbocycles. The lowest BCUT2D eigenvalue weighted by Gasteiger charge is -1.72. The van der Waals surface area contributed by atoms with Gasteiger partial charge in [-0.1, -0.05) is 11.8 Å². The van der Waals surface area contributed by atoms with Gasteiger partial charge in [0, 0.05) is 13.8 Å². The van der Waals surface area contributed by atoms with Crippen LogP contribution in [0, 0.1) is 23.9 Å². The first-order valence-corrected chi connectivity index (χ1v) is 3.31. The van der Waals surface area contributed by atoms with Crippen molar-refractivity contribution in [2.45, 2.75) is 13.8 Å². The predicted octanol–water partition coefficient (Wildman–Crippen LogP) is -2.56. The zero-order valence-electron chi connectivity index (χ0n) is 7.00. The van der Waals surface area contributed by atoms with Gasteiger partial charge in [-0.25, -0.2) is 0 Å². The van der Waals surface area contributed by atoms with Gasteiger partial charge < -0.3 is 17.0 Å². The second-order valence-electron chi connectivity index (χ2n) is 1.95. The monoisotopic (exact) mass is 224 g/mol. The van der Waals surface area contributed by atoms with Gasteiger partial charge in [0.1, 0.15) is 24.5 Å². The quantitative estimate of drug-likeness (QED) is 0.339. The van der Waals surface area contributed by atoms with E-state index in [-0.39, 0.29) is 17.0 Å². The van der Waals surface area contributed by atoms with E-state index in [1.54, 1.807) is 23.0 Å². The summed E-state index contributed by atoms with van der Waals surface area (Å²) >= 11 is 0. The highest BCUT2D eigenvalue weighted by Gasteiger charge is 1.95. The highest BCUT2D eigenvalue weighted by molar-refractivity contribution is 4.99. The third-order valence-electron chi connectivity index (χ3n) is 1.12. The number of rotatable bonds is 0. The third kappa shape index (κ3) is 2.82. The fourth-order valence-corrected chi connectivity index (χ4v) is 0.745. The van der Waals surface area contributed by atoms with E-state index in [2.05, 4.69) is 23.9 Å². The van der Waals surface area contributed by atoms with E-state index in [9.17, 15) is 0 Å². The van der Waals surface area contributed by atoms with Gasteiger partial charge in [-0.3, -0.25) is 0 Å². The van der Waals surface area contributed by atoms with Gasteiger partial charge in [-0.15, -0.1) is 0 Å². The van der Waals surface area contributed by atoms with Crippen molar-refractivity contribution in [2.75, 3.05) is 0 Å². The van der Waals surface area contributed by atoms with Crippen LogP contribution in [-0.2, 0) is 0 Å². The first-order valence-electron chi connectivity index (χ1n) is 3.31. The lowest BCUT2D eigenvalue weighted by molar-refractivity contribution is -0.582. The van der Waals surface area contributed by atoms with Crippen molar-refractivity contribution >= 4 is 0 Å². The molecule has 0 aliphatic rings. The molecular formula is C9H9BrN2. The van der Waals surface area contributed by atoms with Crippen molar-refractivity contribution in [3.63, 3.8) is 0 Å². The topological polar surface area (TPSA) is 8.81 Å². The summed E-state index contributed by atoms with van der Waals surface area (Å²) in [6.45, 7) is 3.60. The molecule has 0 N–H and O–H groups in total. The van der Waals surface area contributed by atoms with Crippen LogP contribution in [0.1, 0.15) is 13.8 Å². The van der Waals surface area contributed by atoms with Crippen LogP contribution in [0.2, 0.25) is 0 Å². The van der Waals surface area contributed by atoms with E-state index in [0.717, 1.165) is 0 Å². The molecule has 3 heteroatoms. The summed E-state index contributed by atoms with van der Waals surface area (Å²) in [7, 11) is 0.